The summed E-state index contributed by atoms with van der Waals surface area (Å²) in [5.41, 5.74) is 2.69. The molecule has 2 aromatic carbocycles. The molecule has 0 fully saturated rings. The standard InChI is InChI=1S/C18H21N3O3S/c1-12(2)13-3-7-15(8-4-13)20-18(25)19-11-17(22)14-5-9-16(10-6-14)21(23)24/h3-10,12,17,22H,11H2,1-2H3,(H2,19,20,25)/t17-/m1/s1. The van der Waals surface area contributed by atoms with Gasteiger partial charge in [-0.15, -0.1) is 0 Å². The Kier molecular flexibility index (Phi) is 6.44. The van der Waals surface area contributed by atoms with Crippen LogP contribution >= 0.6 is 12.2 Å². The second-order valence-corrected chi connectivity index (χ2v) is 6.38. The predicted molar refractivity (Wildman–Crippen MR) is 103 cm³/mol. The van der Waals surface area contributed by atoms with Crippen LogP contribution in [-0.2, 0) is 0 Å². The highest BCUT2D eigenvalue weighted by Crippen LogP contribution is 2.18. The van der Waals surface area contributed by atoms with Gasteiger partial charge in [-0.2, -0.15) is 0 Å². The largest absolute Gasteiger partial charge is 0.387 e. The molecule has 7 heteroatoms. The molecule has 0 bridgehead atoms. The maximum atomic E-state index is 10.6. The van der Waals surface area contributed by atoms with Gasteiger partial charge in [0, 0.05) is 24.4 Å². The molecule has 0 aliphatic rings. The molecule has 0 radical (unpaired) electrons. The third-order valence-corrected chi connectivity index (χ3v) is 4.03. The number of thiocarbonyl (C=S) groups is 1. The Morgan fingerprint density at radius 1 is 1.12 bits per heavy atom. The number of rotatable bonds is 6. The van der Waals surface area contributed by atoms with Gasteiger partial charge in [0.25, 0.3) is 5.69 Å². The van der Waals surface area contributed by atoms with Gasteiger partial charge in [-0.25, -0.2) is 0 Å². The molecule has 0 spiro atoms. The fraction of sp³-hybridized carbons (Fsp3) is 0.278. The van der Waals surface area contributed by atoms with Gasteiger partial charge in [0.15, 0.2) is 5.11 Å². The van der Waals surface area contributed by atoms with Gasteiger partial charge >= 0.3 is 0 Å². The molecule has 0 unspecified atom stereocenters. The molecular formula is C18H21N3O3S. The maximum absolute atomic E-state index is 10.6. The number of aliphatic hydroxyl groups is 1. The van der Waals surface area contributed by atoms with Gasteiger partial charge in [0.1, 0.15) is 0 Å². The topological polar surface area (TPSA) is 87.4 Å². The van der Waals surface area contributed by atoms with Crippen molar-refractivity contribution in [1.82, 2.24) is 5.32 Å². The van der Waals surface area contributed by atoms with Crippen LogP contribution in [0.2, 0.25) is 0 Å². The van der Waals surface area contributed by atoms with Crippen molar-refractivity contribution in [3.05, 3.63) is 69.8 Å². The molecule has 0 aromatic heterocycles. The molecular weight excluding hydrogens is 338 g/mol. The summed E-state index contributed by atoms with van der Waals surface area (Å²) in [5, 5.41) is 27.2. The van der Waals surface area contributed by atoms with E-state index in [1.165, 1.54) is 29.8 Å². The minimum atomic E-state index is -0.816. The number of hydrogen-bond acceptors (Lipinski definition) is 4. The molecule has 0 aliphatic heterocycles. The lowest BCUT2D eigenvalue weighted by Crippen LogP contribution is -2.32. The molecule has 0 heterocycles. The summed E-state index contributed by atoms with van der Waals surface area (Å²) in [5.74, 6) is 0.468. The Bertz CT molecular complexity index is 730. The summed E-state index contributed by atoms with van der Waals surface area (Å²) >= 11 is 5.22. The number of nitrogens with zero attached hydrogens (tertiary/aromatic N) is 1. The zero-order valence-corrected chi connectivity index (χ0v) is 14.9. The average molecular weight is 359 g/mol. The molecule has 0 aliphatic carbocycles. The highest BCUT2D eigenvalue weighted by Gasteiger charge is 2.11. The minimum Gasteiger partial charge on any atom is -0.387 e. The van der Waals surface area contributed by atoms with Crippen LogP contribution in [0.3, 0.4) is 0 Å². The van der Waals surface area contributed by atoms with E-state index in [1.807, 2.05) is 24.3 Å². The molecule has 3 N–H and O–H groups in total. The third kappa shape index (κ3) is 5.51. The van der Waals surface area contributed by atoms with Crippen LogP contribution in [0.1, 0.15) is 37.0 Å². The maximum Gasteiger partial charge on any atom is 0.269 e. The Morgan fingerprint density at radius 3 is 2.20 bits per heavy atom. The number of nitro groups is 1. The summed E-state index contributed by atoms with van der Waals surface area (Å²) in [6, 6.07) is 13.8. The fourth-order valence-electron chi connectivity index (χ4n) is 2.25. The number of nitro benzene ring substituents is 1. The van der Waals surface area contributed by atoms with Crippen LogP contribution < -0.4 is 10.6 Å². The van der Waals surface area contributed by atoms with E-state index in [0.29, 0.717) is 16.6 Å². The zero-order valence-electron chi connectivity index (χ0n) is 14.1. The third-order valence-electron chi connectivity index (χ3n) is 3.78. The van der Waals surface area contributed by atoms with Crippen molar-refractivity contribution in [2.24, 2.45) is 0 Å². The highest BCUT2D eigenvalue weighted by molar-refractivity contribution is 7.80. The van der Waals surface area contributed by atoms with Crippen LogP contribution in [0, 0.1) is 10.1 Å². The first-order valence-electron chi connectivity index (χ1n) is 7.94. The highest BCUT2D eigenvalue weighted by atomic mass is 32.1. The molecule has 2 aromatic rings. The van der Waals surface area contributed by atoms with E-state index in [-0.39, 0.29) is 12.2 Å². The molecule has 1 atom stereocenters. The van der Waals surface area contributed by atoms with Crippen LogP contribution in [0.5, 0.6) is 0 Å². The second kappa shape index (κ2) is 8.55. The van der Waals surface area contributed by atoms with Crippen molar-refractivity contribution in [3.63, 3.8) is 0 Å². The number of anilines is 1. The molecule has 0 saturated heterocycles. The molecule has 2 rings (SSSR count). The fourth-order valence-corrected chi connectivity index (χ4v) is 2.45. The van der Waals surface area contributed by atoms with Crippen molar-refractivity contribution in [1.29, 1.82) is 0 Å². The summed E-state index contributed by atoms with van der Waals surface area (Å²) in [6.45, 7) is 4.47. The normalized spacial score (nSPS) is 11.8. The Hall–Kier alpha value is -2.51. The van der Waals surface area contributed by atoms with Gasteiger partial charge in [-0.3, -0.25) is 10.1 Å². The number of benzene rings is 2. The summed E-state index contributed by atoms with van der Waals surface area (Å²) in [6.07, 6.45) is -0.816. The van der Waals surface area contributed by atoms with Crippen molar-refractivity contribution in [2.45, 2.75) is 25.9 Å². The lowest BCUT2D eigenvalue weighted by Gasteiger charge is -2.15. The van der Waals surface area contributed by atoms with Crippen LogP contribution in [0.25, 0.3) is 0 Å². The van der Waals surface area contributed by atoms with E-state index in [0.717, 1.165) is 5.69 Å². The molecule has 0 saturated carbocycles. The van der Waals surface area contributed by atoms with Crippen LogP contribution in [-0.4, -0.2) is 21.7 Å². The number of aliphatic hydroxyl groups excluding tert-OH is 1. The lowest BCUT2D eigenvalue weighted by molar-refractivity contribution is -0.384. The quantitative estimate of drug-likeness (QED) is 0.414. The predicted octanol–water partition coefficient (Wildman–Crippen LogP) is 3.74. The van der Waals surface area contributed by atoms with E-state index >= 15 is 0 Å². The summed E-state index contributed by atoms with van der Waals surface area (Å²) in [7, 11) is 0. The van der Waals surface area contributed by atoms with Gasteiger partial charge in [-0.05, 0) is 53.5 Å². The number of nitrogens with one attached hydrogen (secondary N) is 2. The smallest absolute Gasteiger partial charge is 0.269 e. The van der Waals surface area contributed by atoms with Gasteiger partial charge in [0.2, 0.25) is 0 Å². The van der Waals surface area contributed by atoms with E-state index < -0.39 is 11.0 Å². The van der Waals surface area contributed by atoms with Crippen molar-refractivity contribution < 1.29 is 10.0 Å². The van der Waals surface area contributed by atoms with E-state index in [2.05, 4.69) is 24.5 Å². The number of hydrogen-bond donors (Lipinski definition) is 3. The summed E-state index contributed by atoms with van der Waals surface area (Å²) in [4.78, 5) is 10.2. The summed E-state index contributed by atoms with van der Waals surface area (Å²) < 4.78 is 0. The Morgan fingerprint density at radius 2 is 1.68 bits per heavy atom. The average Bonchev–Trinajstić information content (AvgIpc) is 2.60. The van der Waals surface area contributed by atoms with Crippen molar-refractivity contribution in [3.8, 4) is 0 Å². The van der Waals surface area contributed by atoms with Gasteiger partial charge in [0.05, 0.1) is 11.0 Å². The Labute approximate surface area is 152 Å². The van der Waals surface area contributed by atoms with E-state index in [4.69, 9.17) is 12.2 Å². The molecule has 132 valence electrons. The lowest BCUT2D eigenvalue weighted by atomic mass is 10.0. The first-order valence-corrected chi connectivity index (χ1v) is 8.35. The van der Waals surface area contributed by atoms with Crippen molar-refractivity contribution in [2.75, 3.05) is 11.9 Å². The first kappa shape index (κ1) is 18.8. The van der Waals surface area contributed by atoms with E-state index in [1.54, 1.807) is 0 Å². The Balaban J connectivity index is 1.85. The first-order chi connectivity index (χ1) is 11.9. The molecule has 0 amide bonds. The van der Waals surface area contributed by atoms with Crippen LogP contribution in [0.4, 0.5) is 11.4 Å². The van der Waals surface area contributed by atoms with Crippen molar-refractivity contribution >= 4 is 28.7 Å². The molecule has 25 heavy (non-hydrogen) atoms. The SMILES string of the molecule is CC(C)c1ccc(NC(=S)NC[C@@H](O)c2ccc([N+](=O)[O-])cc2)cc1. The zero-order chi connectivity index (χ0) is 18.4. The second-order valence-electron chi connectivity index (χ2n) is 5.98. The minimum absolute atomic E-state index is 0.00839. The number of non-ortho nitro benzene ring substituents is 1. The van der Waals surface area contributed by atoms with E-state index in [9.17, 15) is 15.2 Å². The van der Waals surface area contributed by atoms with Crippen LogP contribution in [0.15, 0.2) is 48.5 Å². The molecule has 6 nitrogen and oxygen atoms in total. The van der Waals surface area contributed by atoms with Gasteiger partial charge < -0.3 is 15.7 Å². The monoisotopic (exact) mass is 359 g/mol. The van der Waals surface area contributed by atoms with Gasteiger partial charge in [-0.1, -0.05) is 26.0 Å².